The van der Waals surface area contributed by atoms with Gasteiger partial charge in [0.25, 0.3) is 0 Å². The first-order valence-corrected chi connectivity index (χ1v) is 7.52. The summed E-state index contributed by atoms with van der Waals surface area (Å²) in [6, 6.07) is 1.94. The van der Waals surface area contributed by atoms with Crippen LogP contribution in [0.25, 0.3) is 0 Å². The number of hydrogen-bond acceptors (Lipinski definition) is 3. The van der Waals surface area contributed by atoms with Crippen LogP contribution in [0.4, 0.5) is 0 Å². The molecule has 1 aromatic rings. The van der Waals surface area contributed by atoms with Crippen LogP contribution in [-0.4, -0.2) is 24.0 Å². The van der Waals surface area contributed by atoms with Crippen LogP contribution in [0.15, 0.2) is 6.07 Å². The summed E-state index contributed by atoms with van der Waals surface area (Å²) in [4.78, 5) is 0. The molecule has 1 aliphatic heterocycles. The Morgan fingerprint density at radius 3 is 2.47 bits per heavy atom. The Morgan fingerprint density at radius 2 is 1.94 bits per heavy atom. The van der Waals surface area contributed by atoms with E-state index in [0.29, 0.717) is 6.54 Å². The highest BCUT2D eigenvalue weighted by molar-refractivity contribution is 7.92. The van der Waals surface area contributed by atoms with Crippen LogP contribution < -0.4 is 0 Å². The van der Waals surface area contributed by atoms with E-state index in [0.717, 1.165) is 11.4 Å². The minimum absolute atomic E-state index is 0.0514. The van der Waals surface area contributed by atoms with Crippen molar-refractivity contribution in [2.45, 2.75) is 51.3 Å². The van der Waals surface area contributed by atoms with Crippen molar-refractivity contribution in [1.82, 2.24) is 9.78 Å². The van der Waals surface area contributed by atoms with Crippen molar-refractivity contribution < 1.29 is 8.42 Å². The van der Waals surface area contributed by atoms with Gasteiger partial charge in [-0.2, -0.15) is 5.10 Å². The number of sulfone groups is 1. The molecule has 96 valence electrons. The van der Waals surface area contributed by atoms with Gasteiger partial charge >= 0.3 is 0 Å². The van der Waals surface area contributed by atoms with Crippen molar-refractivity contribution in [3.05, 3.63) is 17.5 Å². The van der Waals surface area contributed by atoms with Gasteiger partial charge in [0.15, 0.2) is 9.84 Å². The van der Waals surface area contributed by atoms with Crippen LogP contribution in [0.1, 0.15) is 46.0 Å². The summed E-state index contributed by atoms with van der Waals surface area (Å²) in [5, 5.41) is 4.54. The van der Waals surface area contributed by atoms with Gasteiger partial charge in [-0.3, -0.25) is 4.68 Å². The quantitative estimate of drug-likeness (QED) is 0.711. The van der Waals surface area contributed by atoms with Crippen LogP contribution in [0.3, 0.4) is 0 Å². The number of fused-ring (bicyclic) bond motifs is 1. The molecule has 0 saturated carbocycles. The normalized spacial score (nSPS) is 22.2. The molecule has 17 heavy (non-hydrogen) atoms. The van der Waals surface area contributed by atoms with Gasteiger partial charge in [0.05, 0.1) is 23.7 Å². The third kappa shape index (κ3) is 1.80. The van der Waals surface area contributed by atoms with Crippen LogP contribution in [0.5, 0.6) is 0 Å². The fraction of sp³-hybridized carbons (Fsp3) is 0.750. The summed E-state index contributed by atoms with van der Waals surface area (Å²) in [7, 11) is -3.07. The summed E-state index contributed by atoms with van der Waals surface area (Å²) in [6.45, 7) is 10.3. The summed E-state index contributed by atoms with van der Waals surface area (Å²) in [6.07, 6.45) is 0. The van der Waals surface area contributed by atoms with Gasteiger partial charge < -0.3 is 0 Å². The lowest BCUT2D eigenvalue weighted by Crippen LogP contribution is -2.40. The van der Waals surface area contributed by atoms with E-state index < -0.39 is 14.6 Å². The molecule has 5 heteroatoms. The van der Waals surface area contributed by atoms with Crippen molar-refractivity contribution in [1.29, 1.82) is 0 Å². The van der Waals surface area contributed by atoms with Crippen molar-refractivity contribution in [3.8, 4) is 0 Å². The van der Waals surface area contributed by atoms with Crippen LogP contribution >= 0.6 is 0 Å². The van der Waals surface area contributed by atoms with Crippen LogP contribution in [-0.2, 0) is 26.5 Å². The Morgan fingerprint density at radius 1 is 1.35 bits per heavy atom. The highest BCUT2D eigenvalue weighted by atomic mass is 32.2. The fourth-order valence-electron chi connectivity index (χ4n) is 2.06. The predicted molar refractivity (Wildman–Crippen MR) is 67.7 cm³/mol. The first kappa shape index (κ1) is 12.6. The summed E-state index contributed by atoms with van der Waals surface area (Å²) in [5.41, 5.74) is 1.72. The Hall–Kier alpha value is -0.840. The molecule has 0 radical (unpaired) electrons. The SMILES string of the molecule is CC(C)(C)c1cc2n(n1)CCS(=O)(=O)C2(C)C. The monoisotopic (exact) mass is 256 g/mol. The molecule has 0 unspecified atom stereocenters. The van der Waals surface area contributed by atoms with Gasteiger partial charge in [-0.15, -0.1) is 0 Å². The maximum atomic E-state index is 12.1. The van der Waals surface area contributed by atoms with Gasteiger partial charge in [0, 0.05) is 5.41 Å². The molecule has 0 aromatic carbocycles. The third-order valence-electron chi connectivity index (χ3n) is 3.51. The Balaban J connectivity index is 2.61. The fourth-order valence-corrected chi connectivity index (χ4v) is 3.47. The second-order valence-electron chi connectivity index (χ2n) is 6.22. The largest absolute Gasteiger partial charge is 0.267 e. The molecule has 0 N–H and O–H groups in total. The van der Waals surface area contributed by atoms with Crippen LogP contribution in [0, 0.1) is 0 Å². The Bertz CT molecular complexity index is 548. The second-order valence-corrected chi connectivity index (χ2v) is 8.88. The van der Waals surface area contributed by atoms with Crippen molar-refractivity contribution in [2.75, 3.05) is 5.75 Å². The molecule has 2 heterocycles. The molecule has 0 bridgehead atoms. The van der Waals surface area contributed by atoms with E-state index >= 15 is 0 Å². The molecular weight excluding hydrogens is 236 g/mol. The number of nitrogens with zero attached hydrogens (tertiary/aromatic N) is 2. The summed E-state index contributed by atoms with van der Waals surface area (Å²) < 4.78 is 25.2. The van der Waals surface area contributed by atoms with Gasteiger partial charge in [0.2, 0.25) is 0 Å². The Labute approximate surface area is 103 Å². The first-order chi connectivity index (χ1) is 7.56. The second kappa shape index (κ2) is 3.34. The minimum Gasteiger partial charge on any atom is -0.267 e. The van der Waals surface area contributed by atoms with E-state index in [9.17, 15) is 8.42 Å². The zero-order valence-electron chi connectivity index (χ0n) is 11.1. The van der Waals surface area contributed by atoms with Crippen LogP contribution in [0.2, 0.25) is 0 Å². The van der Waals surface area contributed by atoms with Gasteiger partial charge in [-0.1, -0.05) is 20.8 Å². The van der Waals surface area contributed by atoms with E-state index in [1.165, 1.54) is 0 Å². The maximum Gasteiger partial charge on any atom is 0.162 e. The zero-order chi connectivity index (χ0) is 13.1. The average Bonchev–Trinajstić information content (AvgIpc) is 2.56. The van der Waals surface area contributed by atoms with E-state index in [1.54, 1.807) is 13.8 Å². The Kier molecular flexibility index (Phi) is 2.48. The summed E-state index contributed by atoms with van der Waals surface area (Å²) in [5.74, 6) is 0.179. The average molecular weight is 256 g/mol. The number of hydrogen-bond donors (Lipinski definition) is 0. The smallest absolute Gasteiger partial charge is 0.162 e. The summed E-state index contributed by atoms with van der Waals surface area (Å²) >= 11 is 0. The molecule has 1 aliphatic rings. The van der Waals surface area contributed by atoms with E-state index in [2.05, 4.69) is 25.9 Å². The number of rotatable bonds is 0. The number of aromatic nitrogens is 2. The van der Waals surface area contributed by atoms with E-state index in [4.69, 9.17) is 0 Å². The lowest BCUT2D eigenvalue weighted by atomic mass is 9.91. The lowest BCUT2D eigenvalue weighted by molar-refractivity contribution is 0.480. The lowest BCUT2D eigenvalue weighted by Gasteiger charge is -2.30. The molecule has 0 saturated heterocycles. The van der Waals surface area contributed by atoms with Gasteiger partial charge in [-0.25, -0.2) is 8.42 Å². The number of aryl methyl sites for hydroxylation is 1. The van der Waals surface area contributed by atoms with E-state index in [1.807, 2.05) is 10.7 Å². The zero-order valence-corrected chi connectivity index (χ0v) is 11.9. The van der Waals surface area contributed by atoms with Gasteiger partial charge in [0.1, 0.15) is 4.75 Å². The maximum absolute atomic E-state index is 12.1. The topological polar surface area (TPSA) is 52.0 Å². The predicted octanol–water partition coefficient (Wildman–Crippen LogP) is 1.84. The van der Waals surface area contributed by atoms with Crippen molar-refractivity contribution in [2.24, 2.45) is 0 Å². The molecule has 0 aliphatic carbocycles. The third-order valence-corrected chi connectivity index (χ3v) is 6.00. The molecule has 2 rings (SSSR count). The molecule has 0 spiro atoms. The molecule has 0 fully saturated rings. The van der Waals surface area contributed by atoms with E-state index in [-0.39, 0.29) is 11.2 Å². The minimum atomic E-state index is -3.07. The molecule has 0 atom stereocenters. The molecule has 0 amide bonds. The first-order valence-electron chi connectivity index (χ1n) is 5.87. The molecular formula is C12H20N2O2S. The molecule has 1 aromatic heterocycles. The van der Waals surface area contributed by atoms with Gasteiger partial charge in [-0.05, 0) is 19.9 Å². The van der Waals surface area contributed by atoms with Crippen molar-refractivity contribution >= 4 is 9.84 Å². The highest BCUT2D eigenvalue weighted by Crippen LogP contribution is 2.36. The standard InChI is InChI=1S/C12H20N2O2S/c1-11(2,3)9-8-10-12(4,5)17(15,16)7-6-14(10)13-9/h8H,6-7H2,1-5H3. The highest BCUT2D eigenvalue weighted by Gasteiger charge is 2.43. The molecule has 4 nitrogen and oxygen atoms in total. The van der Waals surface area contributed by atoms with Crippen molar-refractivity contribution in [3.63, 3.8) is 0 Å².